The third-order valence-corrected chi connectivity index (χ3v) is 3.45. The largest absolute Gasteiger partial charge is 0.478 e. The quantitative estimate of drug-likeness (QED) is 0.741. The molecule has 0 amide bonds. The van der Waals surface area contributed by atoms with Crippen LogP contribution in [-0.4, -0.2) is 16.8 Å². The molecule has 0 fully saturated rings. The molecule has 1 aliphatic heterocycles. The molecule has 1 aromatic carbocycles. The van der Waals surface area contributed by atoms with Crippen molar-refractivity contribution in [2.45, 2.75) is 17.4 Å². The summed E-state index contributed by atoms with van der Waals surface area (Å²) in [6, 6.07) is 5.22. The van der Waals surface area contributed by atoms with E-state index in [9.17, 15) is 4.79 Å². The molecule has 4 heteroatoms. The number of carboxylic acids is 1. The van der Waals surface area contributed by atoms with Crippen LogP contribution in [0.4, 0.5) is 0 Å². The summed E-state index contributed by atoms with van der Waals surface area (Å²) < 4.78 is 0. The summed E-state index contributed by atoms with van der Waals surface area (Å²) in [6.45, 7) is 0. The molecule has 0 saturated heterocycles. The number of nitrogens with two attached hydrogens (primary N) is 1. The molecule has 1 atom stereocenters. The summed E-state index contributed by atoms with van der Waals surface area (Å²) in [4.78, 5) is 11.7. The molecule has 0 spiro atoms. The number of hydrogen-bond acceptors (Lipinski definition) is 3. The highest BCUT2D eigenvalue weighted by atomic mass is 32.2. The van der Waals surface area contributed by atoms with Crippen LogP contribution in [0.3, 0.4) is 0 Å². The summed E-state index contributed by atoms with van der Waals surface area (Å²) in [7, 11) is 0. The van der Waals surface area contributed by atoms with Gasteiger partial charge in [-0.25, -0.2) is 4.79 Å². The molecular weight excluding hydrogens is 198 g/mol. The number of thioether (sulfide) groups is 1. The fourth-order valence-electron chi connectivity index (χ4n) is 1.55. The van der Waals surface area contributed by atoms with Gasteiger partial charge in [-0.3, -0.25) is 0 Å². The van der Waals surface area contributed by atoms with Gasteiger partial charge in [0, 0.05) is 10.9 Å². The van der Waals surface area contributed by atoms with Gasteiger partial charge in [0.05, 0.1) is 5.56 Å². The Kier molecular flexibility index (Phi) is 2.48. The molecule has 3 nitrogen and oxygen atoms in total. The van der Waals surface area contributed by atoms with Crippen LogP contribution in [0.2, 0.25) is 0 Å². The van der Waals surface area contributed by atoms with Crippen LogP contribution in [0, 0.1) is 0 Å². The van der Waals surface area contributed by atoms with E-state index in [1.165, 1.54) is 0 Å². The van der Waals surface area contributed by atoms with Crippen LogP contribution in [0.5, 0.6) is 0 Å². The highest BCUT2D eigenvalue weighted by molar-refractivity contribution is 7.99. The van der Waals surface area contributed by atoms with Gasteiger partial charge in [0.2, 0.25) is 0 Å². The third kappa shape index (κ3) is 1.63. The van der Waals surface area contributed by atoms with Gasteiger partial charge in [0.25, 0.3) is 0 Å². The highest BCUT2D eigenvalue weighted by Gasteiger charge is 2.18. The Hall–Kier alpha value is -1.00. The van der Waals surface area contributed by atoms with Crippen molar-refractivity contribution >= 4 is 17.7 Å². The zero-order chi connectivity index (χ0) is 10.1. The zero-order valence-corrected chi connectivity index (χ0v) is 8.38. The molecule has 1 heterocycles. The lowest BCUT2D eigenvalue weighted by Gasteiger charge is -2.21. The summed E-state index contributed by atoms with van der Waals surface area (Å²) >= 11 is 1.68. The van der Waals surface area contributed by atoms with Crippen LogP contribution in [-0.2, 0) is 0 Å². The standard InChI is InChI=1S/C10H11NO2S/c11-8-3-4-14-9-5-6(10(12)13)1-2-7(8)9/h1-2,5,8H,3-4,11H2,(H,12,13)/t8-/m1/s1. The van der Waals surface area contributed by atoms with Gasteiger partial charge in [-0.2, -0.15) is 0 Å². The third-order valence-electron chi connectivity index (χ3n) is 2.35. The van der Waals surface area contributed by atoms with Crippen molar-refractivity contribution in [1.82, 2.24) is 0 Å². The molecule has 1 aliphatic rings. The maximum absolute atomic E-state index is 10.7. The van der Waals surface area contributed by atoms with Crippen molar-refractivity contribution in [3.05, 3.63) is 29.3 Å². The predicted octanol–water partition coefficient (Wildman–Crippen LogP) is 1.88. The minimum absolute atomic E-state index is 0.0640. The fourth-order valence-corrected chi connectivity index (χ4v) is 2.74. The van der Waals surface area contributed by atoms with E-state index in [1.54, 1.807) is 23.9 Å². The van der Waals surface area contributed by atoms with Gasteiger partial charge in [-0.05, 0) is 29.9 Å². The number of carboxylic acid groups (broad SMARTS) is 1. The van der Waals surface area contributed by atoms with Gasteiger partial charge in [0.1, 0.15) is 0 Å². The molecule has 74 valence electrons. The summed E-state index contributed by atoms with van der Waals surface area (Å²) in [5, 5.41) is 8.81. The molecular formula is C10H11NO2S. The zero-order valence-electron chi connectivity index (χ0n) is 7.56. The van der Waals surface area contributed by atoms with E-state index in [-0.39, 0.29) is 6.04 Å². The van der Waals surface area contributed by atoms with Crippen molar-refractivity contribution < 1.29 is 9.90 Å². The topological polar surface area (TPSA) is 63.3 Å². The lowest BCUT2D eigenvalue weighted by Crippen LogP contribution is -2.16. The molecule has 14 heavy (non-hydrogen) atoms. The van der Waals surface area contributed by atoms with E-state index in [2.05, 4.69) is 0 Å². The number of aromatic carboxylic acids is 1. The average molecular weight is 209 g/mol. The van der Waals surface area contributed by atoms with Crippen molar-refractivity contribution in [1.29, 1.82) is 0 Å². The number of benzene rings is 1. The molecule has 0 unspecified atom stereocenters. The maximum Gasteiger partial charge on any atom is 0.335 e. The second-order valence-corrected chi connectivity index (χ2v) is 4.44. The molecule has 0 aromatic heterocycles. The minimum Gasteiger partial charge on any atom is -0.478 e. The molecule has 3 N–H and O–H groups in total. The van der Waals surface area contributed by atoms with Crippen molar-refractivity contribution in [3.8, 4) is 0 Å². The van der Waals surface area contributed by atoms with Gasteiger partial charge >= 0.3 is 5.97 Å². The smallest absolute Gasteiger partial charge is 0.335 e. The van der Waals surface area contributed by atoms with Crippen LogP contribution in [0.1, 0.15) is 28.4 Å². The maximum atomic E-state index is 10.7. The second kappa shape index (κ2) is 3.63. The van der Waals surface area contributed by atoms with Crippen LogP contribution < -0.4 is 5.73 Å². The Bertz CT molecular complexity index is 378. The molecule has 0 aliphatic carbocycles. The van der Waals surface area contributed by atoms with E-state index in [0.717, 1.165) is 22.6 Å². The Morgan fingerprint density at radius 2 is 2.36 bits per heavy atom. The molecule has 1 aromatic rings. The van der Waals surface area contributed by atoms with E-state index in [1.807, 2.05) is 6.07 Å². The van der Waals surface area contributed by atoms with Crippen LogP contribution in [0.15, 0.2) is 23.1 Å². The van der Waals surface area contributed by atoms with E-state index >= 15 is 0 Å². The summed E-state index contributed by atoms with van der Waals surface area (Å²) in [5.74, 6) is 0.0876. The van der Waals surface area contributed by atoms with Crippen molar-refractivity contribution in [2.75, 3.05) is 5.75 Å². The minimum atomic E-state index is -0.882. The highest BCUT2D eigenvalue weighted by Crippen LogP contribution is 2.35. The normalized spacial score (nSPS) is 20.2. The Labute approximate surface area is 86.3 Å². The summed E-state index contributed by atoms with van der Waals surface area (Å²) in [6.07, 6.45) is 0.962. The average Bonchev–Trinajstić information content (AvgIpc) is 2.17. The fraction of sp³-hybridized carbons (Fsp3) is 0.300. The predicted molar refractivity (Wildman–Crippen MR) is 55.7 cm³/mol. The SMILES string of the molecule is N[C@@H]1CCSc2cc(C(=O)O)ccc21. The monoisotopic (exact) mass is 209 g/mol. The Morgan fingerprint density at radius 3 is 3.07 bits per heavy atom. The lowest BCUT2D eigenvalue weighted by molar-refractivity contribution is 0.0696. The Balaban J connectivity index is 2.44. The molecule has 0 radical (unpaired) electrons. The lowest BCUT2D eigenvalue weighted by atomic mass is 10.0. The molecule has 2 rings (SSSR count). The number of carbonyl (C=O) groups is 1. The van der Waals surface area contributed by atoms with Crippen molar-refractivity contribution in [3.63, 3.8) is 0 Å². The van der Waals surface area contributed by atoms with Crippen LogP contribution in [0.25, 0.3) is 0 Å². The van der Waals surface area contributed by atoms with E-state index in [4.69, 9.17) is 10.8 Å². The van der Waals surface area contributed by atoms with E-state index < -0.39 is 5.97 Å². The van der Waals surface area contributed by atoms with Gasteiger partial charge in [-0.15, -0.1) is 11.8 Å². The molecule has 0 saturated carbocycles. The summed E-state index contributed by atoms with van der Waals surface area (Å²) in [5.41, 5.74) is 7.33. The first-order valence-electron chi connectivity index (χ1n) is 4.44. The second-order valence-electron chi connectivity index (χ2n) is 3.30. The number of hydrogen-bond donors (Lipinski definition) is 2. The van der Waals surface area contributed by atoms with Crippen molar-refractivity contribution in [2.24, 2.45) is 5.73 Å². The van der Waals surface area contributed by atoms with E-state index in [0.29, 0.717) is 5.56 Å². The number of rotatable bonds is 1. The first kappa shape index (κ1) is 9.55. The first-order chi connectivity index (χ1) is 6.68. The van der Waals surface area contributed by atoms with Gasteiger partial charge in [-0.1, -0.05) is 6.07 Å². The first-order valence-corrected chi connectivity index (χ1v) is 5.42. The number of fused-ring (bicyclic) bond motifs is 1. The Morgan fingerprint density at radius 1 is 1.57 bits per heavy atom. The van der Waals surface area contributed by atoms with Gasteiger partial charge < -0.3 is 10.8 Å². The van der Waals surface area contributed by atoms with Gasteiger partial charge in [0.15, 0.2) is 0 Å². The van der Waals surface area contributed by atoms with Crippen LogP contribution >= 0.6 is 11.8 Å². The molecule has 0 bridgehead atoms.